The zero-order chi connectivity index (χ0) is 16.7. The van der Waals surface area contributed by atoms with E-state index in [4.69, 9.17) is 11.6 Å². The average Bonchev–Trinajstić information content (AvgIpc) is 2.73. The first-order chi connectivity index (χ1) is 10.9. The molecule has 0 saturated carbocycles. The lowest BCUT2D eigenvalue weighted by molar-refractivity contribution is -0.119. The molecule has 1 heterocycles. The summed E-state index contributed by atoms with van der Waals surface area (Å²) < 4.78 is 14.0. The SMILES string of the molecule is Cc1ccc(C2=C(Cl)C(=O)N(c3ccccc3F)C2=O)cc1C. The Hall–Kier alpha value is -2.46. The van der Waals surface area contributed by atoms with Crippen molar-refractivity contribution in [3.05, 3.63) is 70.0 Å². The fourth-order valence-electron chi connectivity index (χ4n) is 2.50. The van der Waals surface area contributed by atoms with Crippen LogP contribution in [-0.2, 0) is 9.59 Å². The number of benzene rings is 2. The molecule has 5 heteroatoms. The molecular formula is C18H13ClFNO2. The van der Waals surface area contributed by atoms with Crippen LogP contribution in [0, 0.1) is 19.7 Å². The predicted molar refractivity (Wildman–Crippen MR) is 87.6 cm³/mol. The number of carbonyl (C=O) groups excluding carboxylic acids is 2. The number of halogens is 2. The minimum Gasteiger partial charge on any atom is -0.268 e. The highest BCUT2D eigenvalue weighted by Gasteiger charge is 2.40. The first-order valence-electron chi connectivity index (χ1n) is 7.02. The summed E-state index contributed by atoms with van der Waals surface area (Å²) in [4.78, 5) is 25.8. The normalized spacial score (nSPS) is 14.9. The third-order valence-electron chi connectivity index (χ3n) is 3.92. The molecule has 2 aromatic rings. The molecule has 3 nitrogen and oxygen atoms in total. The topological polar surface area (TPSA) is 37.4 Å². The first kappa shape index (κ1) is 15.4. The Morgan fingerprint density at radius 1 is 0.957 bits per heavy atom. The van der Waals surface area contributed by atoms with Crippen molar-refractivity contribution in [2.75, 3.05) is 4.90 Å². The summed E-state index contributed by atoms with van der Waals surface area (Å²) in [5, 5.41) is -0.193. The monoisotopic (exact) mass is 329 g/mol. The van der Waals surface area contributed by atoms with Crippen molar-refractivity contribution in [1.29, 1.82) is 0 Å². The zero-order valence-electron chi connectivity index (χ0n) is 12.6. The van der Waals surface area contributed by atoms with Crippen molar-refractivity contribution in [3.8, 4) is 0 Å². The number of rotatable bonds is 2. The lowest BCUT2D eigenvalue weighted by Crippen LogP contribution is -2.31. The van der Waals surface area contributed by atoms with Crippen LogP contribution < -0.4 is 4.90 Å². The minimum absolute atomic E-state index is 0.0977. The fourth-order valence-corrected chi connectivity index (χ4v) is 2.78. The van der Waals surface area contributed by atoms with Gasteiger partial charge in [-0.1, -0.05) is 41.9 Å². The fraction of sp³-hybridized carbons (Fsp3) is 0.111. The first-order valence-corrected chi connectivity index (χ1v) is 7.40. The van der Waals surface area contributed by atoms with Crippen molar-refractivity contribution >= 4 is 34.7 Å². The summed E-state index contributed by atoms with van der Waals surface area (Å²) in [7, 11) is 0. The van der Waals surface area contributed by atoms with Crippen molar-refractivity contribution in [3.63, 3.8) is 0 Å². The summed E-state index contributed by atoms with van der Waals surface area (Å²) in [5.74, 6) is -1.98. The van der Waals surface area contributed by atoms with E-state index >= 15 is 0 Å². The van der Waals surface area contributed by atoms with Gasteiger partial charge < -0.3 is 0 Å². The van der Waals surface area contributed by atoms with Crippen LogP contribution >= 0.6 is 11.6 Å². The van der Waals surface area contributed by atoms with E-state index in [9.17, 15) is 14.0 Å². The standard InChI is InChI=1S/C18H13ClFNO2/c1-10-7-8-12(9-11(10)2)15-16(19)18(23)21(17(15)22)14-6-4-3-5-13(14)20/h3-9H,1-2H3. The van der Waals surface area contributed by atoms with Gasteiger partial charge in [0, 0.05) is 0 Å². The molecule has 1 aliphatic rings. The Balaban J connectivity index is 2.10. The van der Waals surface area contributed by atoms with E-state index in [0.29, 0.717) is 5.56 Å². The van der Waals surface area contributed by atoms with Crippen molar-refractivity contribution in [2.45, 2.75) is 13.8 Å². The number of anilines is 1. The summed E-state index contributed by atoms with van der Waals surface area (Å²) in [6, 6.07) is 11.0. The Kier molecular flexibility index (Phi) is 3.78. The molecular weight excluding hydrogens is 317 g/mol. The van der Waals surface area contributed by atoms with Gasteiger partial charge in [-0.2, -0.15) is 0 Å². The van der Waals surface area contributed by atoms with Crippen LogP contribution in [0.5, 0.6) is 0 Å². The molecule has 1 aliphatic heterocycles. The van der Waals surface area contributed by atoms with E-state index in [0.717, 1.165) is 16.0 Å². The van der Waals surface area contributed by atoms with Gasteiger partial charge in [0.05, 0.1) is 11.3 Å². The summed E-state index contributed by atoms with van der Waals surface area (Å²) in [6.07, 6.45) is 0. The highest BCUT2D eigenvalue weighted by Crippen LogP contribution is 2.36. The second-order valence-electron chi connectivity index (χ2n) is 5.39. The number of amides is 2. The Labute approximate surface area is 138 Å². The van der Waals surface area contributed by atoms with Crippen LogP contribution in [0.4, 0.5) is 10.1 Å². The molecule has 0 N–H and O–H groups in total. The molecule has 0 radical (unpaired) electrons. The lowest BCUT2D eigenvalue weighted by atomic mass is 10.0. The van der Waals surface area contributed by atoms with Gasteiger partial charge in [0.25, 0.3) is 11.8 Å². The molecule has 3 rings (SSSR count). The van der Waals surface area contributed by atoms with E-state index in [1.165, 1.54) is 18.2 Å². The van der Waals surface area contributed by atoms with Crippen LogP contribution in [-0.4, -0.2) is 11.8 Å². The van der Waals surface area contributed by atoms with Gasteiger partial charge in [-0.25, -0.2) is 9.29 Å². The highest BCUT2D eigenvalue weighted by molar-refractivity contribution is 6.60. The summed E-state index contributed by atoms with van der Waals surface area (Å²) >= 11 is 6.09. The molecule has 2 amide bonds. The zero-order valence-corrected chi connectivity index (χ0v) is 13.3. The van der Waals surface area contributed by atoms with Gasteiger partial charge in [0.1, 0.15) is 10.8 Å². The Morgan fingerprint density at radius 2 is 1.65 bits per heavy atom. The number of nitrogens with zero attached hydrogens (tertiary/aromatic N) is 1. The number of hydrogen-bond acceptors (Lipinski definition) is 2. The molecule has 116 valence electrons. The third kappa shape index (κ3) is 2.45. The minimum atomic E-state index is -0.713. The quantitative estimate of drug-likeness (QED) is 0.782. The van der Waals surface area contributed by atoms with Crippen LogP contribution in [0.15, 0.2) is 47.5 Å². The summed E-state index contributed by atoms with van der Waals surface area (Å²) in [6.45, 7) is 3.85. The van der Waals surface area contributed by atoms with Crippen LogP contribution in [0.3, 0.4) is 0 Å². The maximum absolute atomic E-state index is 14.0. The van der Waals surface area contributed by atoms with E-state index in [-0.39, 0.29) is 16.3 Å². The predicted octanol–water partition coefficient (Wildman–Crippen LogP) is 3.97. The molecule has 0 atom stereocenters. The smallest absolute Gasteiger partial charge is 0.268 e. The molecule has 23 heavy (non-hydrogen) atoms. The molecule has 0 fully saturated rings. The molecule has 0 spiro atoms. The molecule has 0 saturated heterocycles. The van der Waals surface area contributed by atoms with E-state index < -0.39 is 17.6 Å². The second-order valence-corrected chi connectivity index (χ2v) is 5.76. The van der Waals surface area contributed by atoms with E-state index in [2.05, 4.69) is 0 Å². The second kappa shape index (κ2) is 5.63. The van der Waals surface area contributed by atoms with Gasteiger partial charge >= 0.3 is 0 Å². The molecule has 0 aliphatic carbocycles. The largest absolute Gasteiger partial charge is 0.277 e. The van der Waals surface area contributed by atoms with Crippen LogP contribution in [0.1, 0.15) is 16.7 Å². The van der Waals surface area contributed by atoms with Crippen LogP contribution in [0.25, 0.3) is 5.57 Å². The number of aryl methyl sites for hydroxylation is 2. The average molecular weight is 330 g/mol. The maximum Gasteiger partial charge on any atom is 0.277 e. The van der Waals surface area contributed by atoms with E-state index in [1.54, 1.807) is 18.2 Å². The lowest BCUT2D eigenvalue weighted by Gasteiger charge is -2.15. The number of hydrogen-bond donors (Lipinski definition) is 0. The maximum atomic E-state index is 14.0. The third-order valence-corrected chi connectivity index (χ3v) is 4.27. The van der Waals surface area contributed by atoms with Gasteiger partial charge in [0.15, 0.2) is 0 Å². The summed E-state index contributed by atoms with van der Waals surface area (Å²) in [5.41, 5.74) is 2.59. The Bertz CT molecular complexity index is 873. The number of imide groups is 1. The van der Waals surface area contributed by atoms with Gasteiger partial charge in [0.2, 0.25) is 0 Å². The molecule has 0 unspecified atom stereocenters. The van der Waals surface area contributed by atoms with E-state index in [1.807, 2.05) is 19.9 Å². The highest BCUT2D eigenvalue weighted by atomic mass is 35.5. The number of carbonyl (C=O) groups is 2. The van der Waals surface area contributed by atoms with Crippen molar-refractivity contribution in [1.82, 2.24) is 0 Å². The number of para-hydroxylation sites is 1. The van der Waals surface area contributed by atoms with Crippen molar-refractivity contribution < 1.29 is 14.0 Å². The van der Waals surface area contributed by atoms with Crippen LogP contribution in [0.2, 0.25) is 0 Å². The van der Waals surface area contributed by atoms with Gasteiger partial charge in [-0.3, -0.25) is 9.59 Å². The molecule has 2 aromatic carbocycles. The van der Waals surface area contributed by atoms with Gasteiger partial charge in [-0.15, -0.1) is 0 Å². The van der Waals surface area contributed by atoms with Gasteiger partial charge in [-0.05, 0) is 42.7 Å². The Morgan fingerprint density at radius 3 is 2.30 bits per heavy atom. The molecule has 0 bridgehead atoms. The van der Waals surface area contributed by atoms with Crippen molar-refractivity contribution in [2.24, 2.45) is 0 Å². The molecule has 0 aromatic heterocycles.